The molecule has 3 aromatic rings. The van der Waals surface area contributed by atoms with Crippen LogP contribution >= 0.6 is 0 Å². The van der Waals surface area contributed by atoms with E-state index in [1.54, 1.807) is 7.11 Å². The fourth-order valence-electron chi connectivity index (χ4n) is 5.30. The molecule has 0 aliphatic heterocycles. The van der Waals surface area contributed by atoms with Gasteiger partial charge in [0.05, 0.1) is 13.7 Å². The van der Waals surface area contributed by atoms with Crippen LogP contribution in [0.2, 0.25) is 0 Å². The van der Waals surface area contributed by atoms with Gasteiger partial charge in [0.25, 0.3) is 0 Å². The molecule has 0 saturated heterocycles. The molecular formula is C32H46N4O3. The van der Waals surface area contributed by atoms with Gasteiger partial charge in [0.15, 0.2) is 0 Å². The molecule has 0 atom stereocenters. The maximum Gasteiger partial charge on any atom is 0.125 e. The first kappa shape index (κ1) is 30.4. The molecule has 9 N–H and O–H groups in total. The monoisotopic (exact) mass is 534 g/mol. The lowest BCUT2D eigenvalue weighted by molar-refractivity contribution is 0.303. The lowest BCUT2D eigenvalue weighted by atomic mass is 9.87. The van der Waals surface area contributed by atoms with Crippen LogP contribution in [0.5, 0.6) is 17.2 Å². The summed E-state index contributed by atoms with van der Waals surface area (Å²) in [5.41, 5.74) is 32.8. The minimum absolute atomic E-state index is 0.218. The van der Waals surface area contributed by atoms with Crippen molar-refractivity contribution in [2.45, 2.75) is 52.4 Å². The van der Waals surface area contributed by atoms with Gasteiger partial charge in [0.2, 0.25) is 0 Å². The second-order valence-electron chi connectivity index (χ2n) is 9.99. The van der Waals surface area contributed by atoms with Crippen LogP contribution in [0.3, 0.4) is 0 Å². The zero-order chi connectivity index (χ0) is 28.4. The number of aryl methyl sites for hydroxylation is 1. The van der Waals surface area contributed by atoms with Gasteiger partial charge in [0, 0.05) is 5.56 Å². The molecule has 7 nitrogen and oxygen atoms in total. The van der Waals surface area contributed by atoms with E-state index in [0.717, 1.165) is 74.4 Å². The molecule has 0 spiro atoms. The minimum Gasteiger partial charge on any atom is -0.507 e. The molecule has 3 rings (SSSR count). The molecule has 0 unspecified atom stereocenters. The third-order valence-electron chi connectivity index (χ3n) is 7.04. The highest BCUT2D eigenvalue weighted by atomic mass is 16.5. The zero-order valence-corrected chi connectivity index (χ0v) is 23.8. The van der Waals surface area contributed by atoms with Crippen LogP contribution in [0.4, 0.5) is 0 Å². The van der Waals surface area contributed by atoms with Gasteiger partial charge in [-0.3, -0.25) is 0 Å². The van der Waals surface area contributed by atoms with Crippen LogP contribution in [0.25, 0.3) is 22.3 Å². The van der Waals surface area contributed by atoms with Gasteiger partial charge >= 0.3 is 0 Å². The van der Waals surface area contributed by atoms with E-state index in [-0.39, 0.29) is 5.75 Å². The van der Waals surface area contributed by atoms with E-state index in [0.29, 0.717) is 58.5 Å². The first-order valence-corrected chi connectivity index (χ1v) is 14.0. The third kappa shape index (κ3) is 7.31. The predicted octanol–water partition coefficient (Wildman–Crippen LogP) is 4.23. The third-order valence-corrected chi connectivity index (χ3v) is 7.04. The molecule has 0 aromatic heterocycles. The summed E-state index contributed by atoms with van der Waals surface area (Å²) in [6.45, 7) is 6.85. The highest BCUT2D eigenvalue weighted by molar-refractivity contribution is 5.82. The predicted molar refractivity (Wildman–Crippen MR) is 162 cm³/mol. The van der Waals surface area contributed by atoms with Crippen molar-refractivity contribution in [3.8, 4) is 39.5 Å². The number of ether oxygens (including phenoxy) is 2. The van der Waals surface area contributed by atoms with E-state index in [2.05, 4.69) is 25.1 Å². The molecule has 0 fully saturated rings. The van der Waals surface area contributed by atoms with Crippen molar-refractivity contribution in [2.75, 3.05) is 39.9 Å². The van der Waals surface area contributed by atoms with E-state index in [9.17, 15) is 5.11 Å². The van der Waals surface area contributed by atoms with Crippen molar-refractivity contribution >= 4 is 0 Å². The number of hydrogen-bond acceptors (Lipinski definition) is 7. The van der Waals surface area contributed by atoms with E-state index in [1.807, 2.05) is 25.1 Å². The number of aromatic hydroxyl groups is 1. The molecule has 3 aromatic carbocycles. The van der Waals surface area contributed by atoms with E-state index >= 15 is 0 Å². The normalized spacial score (nSPS) is 11.2. The summed E-state index contributed by atoms with van der Waals surface area (Å²) in [6, 6.07) is 12.2. The summed E-state index contributed by atoms with van der Waals surface area (Å²) in [5, 5.41) is 11.5. The summed E-state index contributed by atoms with van der Waals surface area (Å²) in [6.07, 6.45) is 4.79. The fraction of sp³-hybridized carbons (Fsp3) is 0.438. The molecule has 0 bridgehead atoms. The average Bonchev–Trinajstić information content (AvgIpc) is 2.90. The number of rotatable bonds is 15. The maximum atomic E-state index is 11.5. The van der Waals surface area contributed by atoms with E-state index < -0.39 is 0 Å². The lowest BCUT2D eigenvalue weighted by Gasteiger charge is -2.21. The Bertz CT molecular complexity index is 1170. The van der Waals surface area contributed by atoms with Crippen LogP contribution in [0.1, 0.15) is 47.6 Å². The van der Waals surface area contributed by atoms with Gasteiger partial charge in [0.1, 0.15) is 17.2 Å². The van der Waals surface area contributed by atoms with Gasteiger partial charge in [-0.15, -0.1) is 0 Å². The molecule has 7 heteroatoms. The van der Waals surface area contributed by atoms with Gasteiger partial charge in [-0.1, -0.05) is 19.4 Å². The second kappa shape index (κ2) is 14.9. The molecule has 0 radical (unpaired) electrons. The Kier molecular flexibility index (Phi) is 11.6. The van der Waals surface area contributed by atoms with Crippen LogP contribution in [-0.2, 0) is 25.7 Å². The average molecular weight is 535 g/mol. The molecule has 0 aliphatic rings. The number of benzene rings is 3. The molecule has 0 heterocycles. The molecule has 0 saturated carbocycles. The van der Waals surface area contributed by atoms with Crippen LogP contribution in [0, 0.1) is 6.92 Å². The van der Waals surface area contributed by atoms with Crippen molar-refractivity contribution in [3.63, 3.8) is 0 Å². The van der Waals surface area contributed by atoms with Crippen molar-refractivity contribution in [3.05, 3.63) is 64.2 Å². The number of phenols is 1. The highest BCUT2D eigenvalue weighted by Gasteiger charge is 2.20. The van der Waals surface area contributed by atoms with Gasteiger partial charge in [-0.25, -0.2) is 0 Å². The van der Waals surface area contributed by atoms with E-state index in [4.69, 9.17) is 32.4 Å². The Morgan fingerprint density at radius 3 is 1.67 bits per heavy atom. The number of methoxy groups -OCH3 is 1. The van der Waals surface area contributed by atoms with E-state index in [1.165, 1.54) is 0 Å². The number of phenolic OH excluding ortho intramolecular Hbond substituents is 1. The van der Waals surface area contributed by atoms with Gasteiger partial charge in [-0.05, 0) is 140 Å². The summed E-state index contributed by atoms with van der Waals surface area (Å²) in [7, 11) is 1.66. The number of unbranched alkanes of at least 4 members (excludes halogenated alkanes) is 1. The molecule has 39 heavy (non-hydrogen) atoms. The second-order valence-corrected chi connectivity index (χ2v) is 9.99. The first-order chi connectivity index (χ1) is 18.9. The Morgan fingerprint density at radius 2 is 1.21 bits per heavy atom. The van der Waals surface area contributed by atoms with Crippen molar-refractivity contribution in [2.24, 2.45) is 22.9 Å². The summed E-state index contributed by atoms with van der Waals surface area (Å²) in [5.74, 6) is 1.88. The van der Waals surface area contributed by atoms with Gasteiger partial charge in [-0.2, -0.15) is 0 Å². The highest BCUT2D eigenvalue weighted by Crippen LogP contribution is 2.42. The number of hydrogen-bond donors (Lipinski definition) is 5. The van der Waals surface area contributed by atoms with Gasteiger partial charge < -0.3 is 37.5 Å². The topological polar surface area (TPSA) is 143 Å². The van der Waals surface area contributed by atoms with Crippen molar-refractivity contribution < 1.29 is 14.6 Å². The molecular weight excluding hydrogens is 488 g/mol. The molecule has 212 valence electrons. The summed E-state index contributed by atoms with van der Waals surface area (Å²) in [4.78, 5) is 0. The fourth-order valence-corrected chi connectivity index (χ4v) is 5.30. The SMILES string of the molecule is CCCCOc1c(CCN)cc(-c2c(C)cc(-c3c(CCN)cc(OC)cc3CCN)cc2O)cc1CCN. The summed E-state index contributed by atoms with van der Waals surface area (Å²) >= 11 is 0. The largest absolute Gasteiger partial charge is 0.507 e. The first-order valence-electron chi connectivity index (χ1n) is 14.0. The lowest BCUT2D eigenvalue weighted by Crippen LogP contribution is -2.11. The summed E-state index contributed by atoms with van der Waals surface area (Å²) < 4.78 is 11.8. The van der Waals surface area contributed by atoms with Crippen LogP contribution in [-0.4, -0.2) is 45.0 Å². The smallest absolute Gasteiger partial charge is 0.125 e. The standard InChI is InChI=1S/C32H46N4O3/c1-4-5-14-39-32-24(8-12-35)16-27(17-25(32)9-13-36)30-21(2)15-26(20-29(30)37)31-22(6-10-33)18-28(38-3)19-23(31)7-11-34/h15-20,37H,4-14,33-36H2,1-3H3. The Balaban J connectivity index is 2.18. The molecule has 0 aliphatic carbocycles. The number of nitrogens with two attached hydrogens (primary N) is 4. The minimum atomic E-state index is 0.218. The quantitative estimate of drug-likeness (QED) is 0.184. The van der Waals surface area contributed by atoms with Crippen molar-refractivity contribution in [1.82, 2.24) is 0 Å². The van der Waals surface area contributed by atoms with Crippen LogP contribution in [0.15, 0.2) is 36.4 Å². The Hall–Kier alpha value is -3.10. The maximum absolute atomic E-state index is 11.5. The van der Waals surface area contributed by atoms with Crippen molar-refractivity contribution in [1.29, 1.82) is 0 Å². The Morgan fingerprint density at radius 1 is 0.692 bits per heavy atom. The Labute approximate surface area is 233 Å². The zero-order valence-electron chi connectivity index (χ0n) is 23.8. The molecule has 0 amide bonds. The van der Waals surface area contributed by atoms with Crippen LogP contribution < -0.4 is 32.4 Å².